The molecule has 2 N–H and O–H groups in total. The third kappa shape index (κ3) is 4.22. The van der Waals surface area contributed by atoms with Gasteiger partial charge in [0.2, 0.25) is 0 Å². The van der Waals surface area contributed by atoms with Crippen LogP contribution in [0.15, 0.2) is 4.99 Å². The summed E-state index contributed by atoms with van der Waals surface area (Å²) in [5.41, 5.74) is 0.369. The van der Waals surface area contributed by atoms with Crippen molar-refractivity contribution in [1.29, 1.82) is 0 Å². The molecule has 0 radical (unpaired) electrons. The van der Waals surface area contributed by atoms with Crippen molar-refractivity contribution in [3.63, 3.8) is 0 Å². The number of nitrogens with zero attached hydrogens (tertiary/aromatic N) is 1. The van der Waals surface area contributed by atoms with E-state index in [1.807, 2.05) is 14.0 Å². The van der Waals surface area contributed by atoms with Crippen molar-refractivity contribution in [3.05, 3.63) is 0 Å². The average Bonchev–Trinajstić information content (AvgIpc) is 2.38. The highest BCUT2D eigenvalue weighted by Crippen LogP contribution is 2.57. The van der Waals surface area contributed by atoms with Gasteiger partial charge in [0.15, 0.2) is 5.96 Å². The summed E-state index contributed by atoms with van der Waals surface area (Å²) in [7, 11) is 1.82. The van der Waals surface area contributed by atoms with Crippen LogP contribution in [0.1, 0.15) is 39.5 Å². The van der Waals surface area contributed by atoms with Crippen molar-refractivity contribution in [2.24, 2.45) is 10.4 Å². The monoisotopic (exact) mass is 411 g/mol. The molecule has 5 nitrogen and oxygen atoms in total. The van der Waals surface area contributed by atoms with Crippen LogP contribution < -0.4 is 10.6 Å². The Kier molecular flexibility index (Phi) is 8.26. The number of rotatable bonds is 7. The number of guanidine groups is 1. The van der Waals surface area contributed by atoms with Gasteiger partial charge in [-0.2, -0.15) is 0 Å². The number of ether oxygens (including phenoxy) is 2. The first kappa shape index (κ1) is 19.0. The second-order valence-corrected chi connectivity index (χ2v) is 5.66. The van der Waals surface area contributed by atoms with Crippen molar-refractivity contribution < 1.29 is 9.47 Å². The molecule has 21 heavy (non-hydrogen) atoms. The normalized spacial score (nSPS) is 26.5. The van der Waals surface area contributed by atoms with Gasteiger partial charge in [-0.25, -0.2) is 0 Å². The lowest BCUT2D eigenvalue weighted by Gasteiger charge is -2.61. The fourth-order valence-corrected chi connectivity index (χ4v) is 3.39. The Morgan fingerprint density at radius 1 is 1.29 bits per heavy atom. The maximum absolute atomic E-state index is 5.87. The van der Waals surface area contributed by atoms with Gasteiger partial charge in [0.05, 0.1) is 12.7 Å². The van der Waals surface area contributed by atoms with Gasteiger partial charge in [-0.3, -0.25) is 4.99 Å². The van der Waals surface area contributed by atoms with E-state index in [0.29, 0.717) is 24.2 Å². The van der Waals surface area contributed by atoms with Crippen LogP contribution in [0.5, 0.6) is 0 Å². The van der Waals surface area contributed by atoms with Gasteiger partial charge in [-0.05, 0) is 33.1 Å². The predicted octanol–water partition coefficient (Wildman–Crippen LogP) is 2.15. The van der Waals surface area contributed by atoms with E-state index in [9.17, 15) is 0 Å². The first-order valence-electron chi connectivity index (χ1n) is 7.93. The molecular formula is C15H30IN3O2. The van der Waals surface area contributed by atoms with Crippen LogP contribution in [0.3, 0.4) is 0 Å². The molecule has 2 unspecified atom stereocenters. The minimum atomic E-state index is 0. The van der Waals surface area contributed by atoms with E-state index in [1.165, 1.54) is 19.3 Å². The Morgan fingerprint density at radius 3 is 2.57 bits per heavy atom. The zero-order chi connectivity index (χ0) is 14.4. The average molecular weight is 411 g/mol. The molecule has 0 aromatic rings. The number of aliphatic imine (C=N–C) groups is 1. The van der Waals surface area contributed by atoms with E-state index in [0.717, 1.165) is 32.1 Å². The molecular weight excluding hydrogens is 381 g/mol. The van der Waals surface area contributed by atoms with E-state index in [-0.39, 0.29) is 24.0 Å². The van der Waals surface area contributed by atoms with Gasteiger partial charge in [-0.15, -0.1) is 24.0 Å². The topological polar surface area (TPSA) is 54.9 Å². The Bertz CT molecular complexity index is 335. The molecule has 0 aromatic carbocycles. The van der Waals surface area contributed by atoms with Crippen LogP contribution in [0, 0.1) is 5.41 Å². The Labute approximate surface area is 145 Å². The highest BCUT2D eigenvalue weighted by atomic mass is 127. The van der Waals surface area contributed by atoms with Crippen LogP contribution in [0.25, 0.3) is 0 Å². The van der Waals surface area contributed by atoms with Crippen molar-refractivity contribution in [2.45, 2.75) is 51.7 Å². The van der Waals surface area contributed by atoms with Gasteiger partial charge >= 0.3 is 0 Å². The van der Waals surface area contributed by atoms with Crippen molar-refractivity contribution >= 4 is 29.9 Å². The lowest BCUT2D eigenvalue weighted by atomic mass is 9.51. The van der Waals surface area contributed by atoms with Gasteiger partial charge in [-0.1, -0.05) is 6.42 Å². The highest BCUT2D eigenvalue weighted by Gasteiger charge is 2.59. The van der Waals surface area contributed by atoms with Crippen molar-refractivity contribution in [2.75, 3.05) is 33.4 Å². The van der Waals surface area contributed by atoms with Gasteiger partial charge < -0.3 is 20.1 Å². The molecule has 2 rings (SSSR count). The molecule has 0 bridgehead atoms. The number of nitrogens with one attached hydrogen (secondary N) is 2. The summed E-state index contributed by atoms with van der Waals surface area (Å²) in [4.78, 5) is 4.30. The number of halogens is 1. The minimum absolute atomic E-state index is 0. The lowest BCUT2D eigenvalue weighted by molar-refractivity contribution is -0.168. The summed E-state index contributed by atoms with van der Waals surface area (Å²) in [5, 5.41) is 6.87. The number of hydrogen-bond acceptors (Lipinski definition) is 3. The zero-order valence-electron chi connectivity index (χ0n) is 13.5. The van der Waals surface area contributed by atoms with Gasteiger partial charge in [0.25, 0.3) is 0 Å². The van der Waals surface area contributed by atoms with Crippen molar-refractivity contribution in [1.82, 2.24) is 10.6 Å². The van der Waals surface area contributed by atoms with Crippen LogP contribution >= 0.6 is 24.0 Å². The molecule has 6 heteroatoms. The highest BCUT2D eigenvalue weighted by molar-refractivity contribution is 14.0. The van der Waals surface area contributed by atoms with Crippen LogP contribution in [-0.2, 0) is 9.47 Å². The summed E-state index contributed by atoms with van der Waals surface area (Å²) in [6.45, 7) is 7.18. The Balaban J connectivity index is 0.00000220. The van der Waals surface area contributed by atoms with Gasteiger partial charge in [0, 0.05) is 38.3 Å². The zero-order valence-corrected chi connectivity index (χ0v) is 15.8. The first-order valence-corrected chi connectivity index (χ1v) is 7.93. The second-order valence-electron chi connectivity index (χ2n) is 5.66. The fourth-order valence-electron chi connectivity index (χ4n) is 3.39. The summed E-state index contributed by atoms with van der Waals surface area (Å²) in [5.74, 6) is 0.885. The SMILES string of the molecule is CCOCCNC(=NC)NC1CC(OCC)C12CCC2.I. The standard InChI is InChI=1S/C15H29N3O2.HI/c1-4-19-10-9-17-14(16-3)18-12-11-13(20-5-2)15(12)7-6-8-15;/h12-13H,4-11H2,1-3H3,(H2,16,17,18);1H. The van der Waals surface area contributed by atoms with E-state index in [2.05, 4.69) is 22.5 Å². The van der Waals surface area contributed by atoms with E-state index in [4.69, 9.17) is 9.47 Å². The molecule has 2 saturated carbocycles. The summed E-state index contributed by atoms with van der Waals surface area (Å²) < 4.78 is 11.2. The third-order valence-corrected chi connectivity index (χ3v) is 4.71. The maximum atomic E-state index is 5.87. The summed E-state index contributed by atoms with van der Waals surface area (Å²) in [6.07, 6.45) is 5.44. The third-order valence-electron chi connectivity index (χ3n) is 4.71. The molecule has 0 aromatic heterocycles. The number of hydrogen-bond donors (Lipinski definition) is 2. The van der Waals surface area contributed by atoms with E-state index < -0.39 is 0 Å². The fraction of sp³-hybridized carbons (Fsp3) is 0.933. The minimum Gasteiger partial charge on any atom is -0.380 e. The largest absolute Gasteiger partial charge is 0.380 e. The van der Waals surface area contributed by atoms with Crippen LogP contribution in [-0.4, -0.2) is 51.5 Å². The van der Waals surface area contributed by atoms with Crippen LogP contribution in [0.4, 0.5) is 0 Å². The Morgan fingerprint density at radius 2 is 2.05 bits per heavy atom. The molecule has 0 aliphatic heterocycles. The van der Waals surface area contributed by atoms with Gasteiger partial charge in [0.1, 0.15) is 0 Å². The van der Waals surface area contributed by atoms with Crippen molar-refractivity contribution in [3.8, 4) is 0 Å². The summed E-state index contributed by atoms with van der Waals surface area (Å²) in [6, 6.07) is 0.506. The van der Waals surface area contributed by atoms with Crippen LogP contribution in [0.2, 0.25) is 0 Å². The molecule has 0 heterocycles. The quantitative estimate of drug-likeness (QED) is 0.292. The molecule has 2 aliphatic carbocycles. The second kappa shape index (κ2) is 9.15. The molecule has 124 valence electrons. The molecule has 2 fully saturated rings. The maximum Gasteiger partial charge on any atom is 0.191 e. The predicted molar refractivity (Wildman–Crippen MR) is 96.5 cm³/mol. The molecule has 1 spiro atoms. The van der Waals surface area contributed by atoms with E-state index >= 15 is 0 Å². The molecule has 0 saturated heterocycles. The molecule has 2 atom stereocenters. The first-order chi connectivity index (χ1) is 9.76. The summed E-state index contributed by atoms with van der Waals surface area (Å²) >= 11 is 0. The molecule has 0 amide bonds. The van der Waals surface area contributed by atoms with E-state index in [1.54, 1.807) is 0 Å². The lowest BCUT2D eigenvalue weighted by Crippen LogP contribution is -2.68. The Hall–Kier alpha value is -0.0800. The smallest absolute Gasteiger partial charge is 0.191 e. The molecule has 2 aliphatic rings.